The molecule has 3 aromatic rings. The summed E-state index contributed by atoms with van der Waals surface area (Å²) in [5.74, 6) is 2.01. The molecule has 0 amide bonds. The van der Waals surface area contributed by atoms with E-state index in [1.165, 1.54) is 5.56 Å². The van der Waals surface area contributed by atoms with Crippen molar-refractivity contribution in [3.63, 3.8) is 0 Å². The lowest BCUT2D eigenvalue weighted by Gasteiger charge is -2.09. The van der Waals surface area contributed by atoms with Gasteiger partial charge in [0.15, 0.2) is 17.0 Å². The summed E-state index contributed by atoms with van der Waals surface area (Å²) >= 11 is 0. The van der Waals surface area contributed by atoms with Crippen LogP contribution in [0.2, 0.25) is 0 Å². The molecule has 6 heteroatoms. The van der Waals surface area contributed by atoms with E-state index in [-0.39, 0.29) is 0 Å². The van der Waals surface area contributed by atoms with Crippen LogP contribution < -0.4 is 5.32 Å². The van der Waals surface area contributed by atoms with Crippen molar-refractivity contribution in [3.8, 4) is 0 Å². The first-order chi connectivity index (χ1) is 10.6. The number of anilines is 1. The number of rotatable bonds is 5. The highest BCUT2D eigenvalue weighted by Crippen LogP contribution is 2.18. The summed E-state index contributed by atoms with van der Waals surface area (Å²) < 4.78 is 1.82. The molecule has 3 rings (SSSR count). The number of hydrogen-bond acceptors (Lipinski definition) is 5. The van der Waals surface area contributed by atoms with Gasteiger partial charge in [0.25, 0.3) is 0 Å². The highest BCUT2D eigenvalue weighted by atomic mass is 15.4. The monoisotopic (exact) mass is 296 g/mol. The number of hydrogen-bond donors (Lipinski definition) is 1. The Morgan fingerprint density at radius 2 is 1.91 bits per heavy atom. The average Bonchev–Trinajstić information content (AvgIpc) is 2.89. The minimum Gasteiger partial charge on any atom is -0.368 e. The summed E-state index contributed by atoms with van der Waals surface area (Å²) in [6.07, 6.45) is 0. The number of benzene rings is 1. The molecule has 22 heavy (non-hydrogen) atoms. The summed E-state index contributed by atoms with van der Waals surface area (Å²) in [5.41, 5.74) is 2.66. The number of nitrogens with one attached hydrogen (secondary N) is 1. The fraction of sp³-hybridized carbons (Fsp3) is 0.375. The van der Waals surface area contributed by atoms with E-state index in [2.05, 4.69) is 51.6 Å². The number of aryl methyl sites for hydroxylation is 1. The van der Waals surface area contributed by atoms with Gasteiger partial charge < -0.3 is 5.32 Å². The number of fused-ring (bicyclic) bond motifs is 1. The van der Waals surface area contributed by atoms with Gasteiger partial charge in [0.05, 0.1) is 6.54 Å². The summed E-state index contributed by atoms with van der Waals surface area (Å²) in [5, 5.41) is 11.8. The van der Waals surface area contributed by atoms with E-state index in [4.69, 9.17) is 0 Å². The van der Waals surface area contributed by atoms with Crippen molar-refractivity contribution in [1.29, 1.82) is 0 Å². The van der Waals surface area contributed by atoms with E-state index >= 15 is 0 Å². The third-order valence-corrected chi connectivity index (χ3v) is 3.33. The Morgan fingerprint density at radius 3 is 2.64 bits per heavy atom. The Balaban J connectivity index is 1.96. The van der Waals surface area contributed by atoms with Gasteiger partial charge in [-0.2, -0.15) is 0 Å². The Kier molecular flexibility index (Phi) is 4.00. The van der Waals surface area contributed by atoms with E-state index in [0.717, 1.165) is 29.4 Å². The lowest BCUT2D eigenvalue weighted by Crippen LogP contribution is -2.11. The molecular formula is C16H20N6. The van der Waals surface area contributed by atoms with Gasteiger partial charge in [0.1, 0.15) is 5.82 Å². The third-order valence-electron chi connectivity index (χ3n) is 3.33. The highest BCUT2D eigenvalue weighted by Gasteiger charge is 2.13. The molecule has 0 aliphatic rings. The van der Waals surface area contributed by atoms with Crippen molar-refractivity contribution in [1.82, 2.24) is 25.0 Å². The molecule has 0 saturated heterocycles. The molecule has 0 bridgehead atoms. The normalized spacial score (nSPS) is 11.3. The molecule has 0 radical (unpaired) electrons. The Morgan fingerprint density at radius 1 is 1.14 bits per heavy atom. The maximum atomic E-state index is 4.51. The van der Waals surface area contributed by atoms with Crippen LogP contribution in [0.5, 0.6) is 0 Å². The lowest BCUT2D eigenvalue weighted by atomic mass is 10.2. The number of nitrogens with zero attached hydrogens (tertiary/aromatic N) is 5. The second-order valence-corrected chi connectivity index (χ2v) is 5.80. The molecule has 1 aromatic carbocycles. The Bertz CT molecular complexity index is 763. The van der Waals surface area contributed by atoms with Gasteiger partial charge in [-0.25, -0.2) is 14.6 Å². The van der Waals surface area contributed by atoms with Crippen molar-refractivity contribution in [3.05, 3.63) is 41.7 Å². The van der Waals surface area contributed by atoms with Crippen LogP contribution in [0.15, 0.2) is 30.3 Å². The molecule has 0 fully saturated rings. The molecule has 114 valence electrons. The van der Waals surface area contributed by atoms with Crippen molar-refractivity contribution in [2.24, 2.45) is 5.92 Å². The van der Waals surface area contributed by atoms with E-state index in [0.29, 0.717) is 12.5 Å². The molecule has 0 saturated carbocycles. The summed E-state index contributed by atoms with van der Waals surface area (Å²) in [7, 11) is 0. The average molecular weight is 296 g/mol. The first-order valence-corrected chi connectivity index (χ1v) is 7.49. The molecule has 1 N–H and O–H groups in total. The first kappa shape index (κ1) is 14.4. The molecule has 2 aromatic heterocycles. The zero-order chi connectivity index (χ0) is 15.5. The van der Waals surface area contributed by atoms with Gasteiger partial charge in [0.2, 0.25) is 0 Å². The van der Waals surface area contributed by atoms with Gasteiger partial charge in [-0.15, -0.1) is 5.10 Å². The highest BCUT2D eigenvalue weighted by molar-refractivity contribution is 5.82. The summed E-state index contributed by atoms with van der Waals surface area (Å²) in [6, 6.07) is 10.2. The molecule has 2 heterocycles. The SMILES string of the molecule is Cc1nc(NCC(C)C)c2nnn(Cc3ccccc3)c2n1. The molecule has 0 aliphatic carbocycles. The first-order valence-electron chi connectivity index (χ1n) is 7.49. The molecular weight excluding hydrogens is 276 g/mol. The van der Waals surface area contributed by atoms with Gasteiger partial charge >= 0.3 is 0 Å². The largest absolute Gasteiger partial charge is 0.368 e. The quantitative estimate of drug-likeness (QED) is 0.784. The second-order valence-electron chi connectivity index (χ2n) is 5.80. The van der Waals surface area contributed by atoms with Gasteiger partial charge in [-0.1, -0.05) is 49.4 Å². The Hall–Kier alpha value is -2.50. The second kappa shape index (κ2) is 6.09. The van der Waals surface area contributed by atoms with E-state index in [1.807, 2.05) is 29.8 Å². The summed E-state index contributed by atoms with van der Waals surface area (Å²) in [4.78, 5) is 8.96. The van der Waals surface area contributed by atoms with Crippen molar-refractivity contribution >= 4 is 17.0 Å². The zero-order valence-electron chi connectivity index (χ0n) is 13.1. The molecule has 0 atom stereocenters. The minimum absolute atomic E-state index is 0.532. The minimum atomic E-state index is 0.532. The molecule has 0 unspecified atom stereocenters. The fourth-order valence-corrected chi connectivity index (χ4v) is 2.25. The Labute approximate surface area is 129 Å². The van der Waals surface area contributed by atoms with Crippen LogP contribution in [0, 0.1) is 12.8 Å². The van der Waals surface area contributed by atoms with E-state index in [1.54, 1.807) is 0 Å². The molecule has 6 nitrogen and oxygen atoms in total. The third kappa shape index (κ3) is 3.05. The topological polar surface area (TPSA) is 68.5 Å². The van der Waals surface area contributed by atoms with Crippen LogP contribution in [0.4, 0.5) is 5.82 Å². The van der Waals surface area contributed by atoms with Crippen molar-refractivity contribution in [2.45, 2.75) is 27.3 Å². The van der Waals surface area contributed by atoms with Gasteiger partial charge in [-0.05, 0) is 18.4 Å². The zero-order valence-corrected chi connectivity index (χ0v) is 13.1. The smallest absolute Gasteiger partial charge is 0.184 e. The van der Waals surface area contributed by atoms with Gasteiger partial charge in [0, 0.05) is 6.54 Å². The van der Waals surface area contributed by atoms with Crippen LogP contribution in [0.3, 0.4) is 0 Å². The lowest BCUT2D eigenvalue weighted by molar-refractivity contribution is 0.663. The van der Waals surface area contributed by atoms with Crippen LogP contribution in [-0.4, -0.2) is 31.5 Å². The fourth-order valence-electron chi connectivity index (χ4n) is 2.25. The van der Waals surface area contributed by atoms with Gasteiger partial charge in [-0.3, -0.25) is 0 Å². The predicted molar refractivity (Wildman–Crippen MR) is 86.7 cm³/mol. The van der Waals surface area contributed by atoms with Crippen LogP contribution in [0.25, 0.3) is 11.2 Å². The maximum absolute atomic E-state index is 4.51. The standard InChI is InChI=1S/C16H20N6/c1-11(2)9-17-15-14-16(19-12(3)18-15)22(21-20-14)10-13-7-5-4-6-8-13/h4-8,11H,9-10H2,1-3H3,(H,17,18,19). The van der Waals surface area contributed by atoms with E-state index in [9.17, 15) is 0 Å². The predicted octanol–water partition coefficient (Wildman–Crippen LogP) is 2.65. The van der Waals surface area contributed by atoms with Crippen molar-refractivity contribution in [2.75, 3.05) is 11.9 Å². The number of aromatic nitrogens is 5. The maximum Gasteiger partial charge on any atom is 0.184 e. The molecule has 0 aliphatic heterocycles. The van der Waals surface area contributed by atoms with E-state index < -0.39 is 0 Å². The van der Waals surface area contributed by atoms with Crippen molar-refractivity contribution < 1.29 is 0 Å². The van der Waals surface area contributed by atoms with Crippen LogP contribution in [-0.2, 0) is 6.54 Å². The summed E-state index contributed by atoms with van der Waals surface area (Å²) in [6.45, 7) is 7.70. The molecule has 0 spiro atoms. The van der Waals surface area contributed by atoms with Crippen LogP contribution >= 0.6 is 0 Å². The van der Waals surface area contributed by atoms with Crippen LogP contribution in [0.1, 0.15) is 25.2 Å².